The van der Waals surface area contributed by atoms with E-state index >= 15 is 0 Å². The SMILES string of the molecule is Cc1ccc(C2=C(Nc3ccc(N4CCCC4)cc3)C(=O)N(c3ccccc3F)C2=O)cc1. The predicted molar refractivity (Wildman–Crippen MR) is 129 cm³/mol. The minimum atomic E-state index is -0.626. The molecule has 6 heteroatoms. The lowest BCUT2D eigenvalue weighted by Gasteiger charge is -2.18. The summed E-state index contributed by atoms with van der Waals surface area (Å²) < 4.78 is 14.5. The maximum atomic E-state index is 14.5. The van der Waals surface area contributed by atoms with Crippen molar-refractivity contribution in [3.63, 3.8) is 0 Å². The molecule has 1 fully saturated rings. The molecule has 166 valence electrons. The van der Waals surface area contributed by atoms with Crippen LogP contribution in [0, 0.1) is 12.7 Å². The number of imide groups is 1. The Morgan fingerprint density at radius 1 is 0.818 bits per heavy atom. The molecule has 33 heavy (non-hydrogen) atoms. The summed E-state index contributed by atoms with van der Waals surface area (Å²) >= 11 is 0. The highest BCUT2D eigenvalue weighted by Gasteiger charge is 2.41. The molecule has 5 nitrogen and oxygen atoms in total. The molecule has 2 aliphatic heterocycles. The highest BCUT2D eigenvalue weighted by Crippen LogP contribution is 2.35. The molecule has 0 aliphatic carbocycles. The molecule has 0 saturated carbocycles. The molecule has 2 heterocycles. The van der Waals surface area contributed by atoms with E-state index in [1.165, 1.54) is 31.0 Å². The van der Waals surface area contributed by atoms with Crippen molar-refractivity contribution in [1.29, 1.82) is 0 Å². The fraction of sp³-hybridized carbons (Fsp3) is 0.185. The molecule has 1 saturated heterocycles. The Hall–Kier alpha value is -3.93. The lowest BCUT2D eigenvalue weighted by Crippen LogP contribution is -2.33. The van der Waals surface area contributed by atoms with Gasteiger partial charge in [-0.05, 0) is 61.7 Å². The topological polar surface area (TPSA) is 52.7 Å². The van der Waals surface area contributed by atoms with Crippen LogP contribution in [0.5, 0.6) is 0 Å². The molecule has 0 atom stereocenters. The first-order valence-electron chi connectivity index (χ1n) is 11.1. The Morgan fingerprint density at radius 3 is 2.15 bits per heavy atom. The zero-order valence-electron chi connectivity index (χ0n) is 18.3. The third-order valence-electron chi connectivity index (χ3n) is 6.13. The Morgan fingerprint density at radius 2 is 1.48 bits per heavy atom. The van der Waals surface area contributed by atoms with Crippen LogP contribution in [0.25, 0.3) is 5.57 Å². The molecule has 0 radical (unpaired) electrons. The van der Waals surface area contributed by atoms with E-state index < -0.39 is 17.6 Å². The van der Waals surface area contributed by atoms with Gasteiger partial charge in [0.1, 0.15) is 11.5 Å². The standard InChI is InChI=1S/C27H24FN3O2/c1-18-8-10-19(11-9-18)24-25(27(33)31(26(24)32)23-7-3-2-6-22(23)28)29-20-12-14-21(15-13-20)30-16-4-5-17-30/h2-3,6-15,29H,4-5,16-17H2,1H3. The summed E-state index contributed by atoms with van der Waals surface area (Å²) in [6, 6.07) is 21.0. The second kappa shape index (κ2) is 8.54. The third-order valence-corrected chi connectivity index (χ3v) is 6.13. The molecular formula is C27H24FN3O2. The molecule has 0 unspecified atom stereocenters. The van der Waals surface area contributed by atoms with Gasteiger partial charge in [-0.3, -0.25) is 9.59 Å². The number of rotatable bonds is 5. The summed E-state index contributed by atoms with van der Waals surface area (Å²) in [6.45, 7) is 4.03. The van der Waals surface area contributed by atoms with Crippen molar-refractivity contribution in [1.82, 2.24) is 0 Å². The van der Waals surface area contributed by atoms with Crippen LogP contribution in [0.15, 0.2) is 78.5 Å². The number of benzene rings is 3. The molecular weight excluding hydrogens is 417 g/mol. The van der Waals surface area contributed by atoms with E-state index in [4.69, 9.17) is 0 Å². The highest BCUT2D eigenvalue weighted by atomic mass is 19.1. The number of hydrogen-bond acceptors (Lipinski definition) is 4. The van der Waals surface area contributed by atoms with Gasteiger partial charge in [-0.25, -0.2) is 9.29 Å². The molecule has 0 aromatic heterocycles. The van der Waals surface area contributed by atoms with Crippen LogP contribution < -0.4 is 15.1 Å². The average Bonchev–Trinajstić information content (AvgIpc) is 3.44. The second-order valence-corrected chi connectivity index (χ2v) is 8.38. The lowest BCUT2D eigenvalue weighted by atomic mass is 10.0. The number of hydrogen-bond donors (Lipinski definition) is 1. The van der Waals surface area contributed by atoms with Crippen molar-refractivity contribution in [2.24, 2.45) is 0 Å². The van der Waals surface area contributed by atoms with Crippen molar-refractivity contribution in [2.45, 2.75) is 19.8 Å². The maximum absolute atomic E-state index is 14.5. The zero-order valence-corrected chi connectivity index (χ0v) is 18.3. The fourth-order valence-corrected chi connectivity index (χ4v) is 4.36. The number of nitrogens with one attached hydrogen (secondary N) is 1. The largest absolute Gasteiger partial charge is 0.372 e. The van der Waals surface area contributed by atoms with Crippen molar-refractivity contribution in [3.05, 3.63) is 95.4 Å². The second-order valence-electron chi connectivity index (χ2n) is 8.38. The molecule has 3 aromatic carbocycles. The third kappa shape index (κ3) is 3.89. The van der Waals surface area contributed by atoms with Gasteiger partial charge in [-0.2, -0.15) is 0 Å². The van der Waals surface area contributed by atoms with Crippen LogP contribution in [0.3, 0.4) is 0 Å². The number of nitrogens with zero attached hydrogens (tertiary/aromatic N) is 2. The molecule has 5 rings (SSSR count). The van der Waals surface area contributed by atoms with Crippen molar-refractivity contribution < 1.29 is 14.0 Å². The number of anilines is 3. The number of halogens is 1. The van der Waals surface area contributed by atoms with Crippen molar-refractivity contribution in [3.8, 4) is 0 Å². The van der Waals surface area contributed by atoms with Crippen LogP contribution in [0.1, 0.15) is 24.0 Å². The van der Waals surface area contributed by atoms with Gasteiger partial charge >= 0.3 is 0 Å². The number of carbonyl (C=O) groups excluding carboxylic acids is 2. The number of carbonyl (C=O) groups is 2. The van der Waals surface area contributed by atoms with Crippen LogP contribution in [-0.2, 0) is 9.59 Å². The normalized spacial score (nSPS) is 16.2. The minimum absolute atomic E-state index is 0.0571. The summed E-state index contributed by atoms with van der Waals surface area (Å²) in [5.74, 6) is -1.76. The van der Waals surface area contributed by atoms with E-state index in [2.05, 4.69) is 10.2 Å². The number of amides is 2. The van der Waals surface area contributed by atoms with E-state index in [0.717, 1.165) is 29.2 Å². The lowest BCUT2D eigenvalue weighted by molar-refractivity contribution is -0.120. The van der Waals surface area contributed by atoms with Gasteiger partial charge in [0.25, 0.3) is 11.8 Å². The van der Waals surface area contributed by atoms with E-state index in [0.29, 0.717) is 11.3 Å². The zero-order chi connectivity index (χ0) is 22.9. The quantitative estimate of drug-likeness (QED) is 0.558. The molecule has 1 N–H and O–H groups in total. The van der Waals surface area contributed by atoms with Gasteiger partial charge in [0.05, 0.1) is 11.3 Å². The van der Waals surface area contributed by atoms with Gasteiger partial charge in [-0.1, -0.05) is 42.0 Å². The van der Waals surface area contributed by atoms with E-state index in [1.54, 1.807) is 18.2 Å². The summed E-state index contributed by atoms with van der Waals surface area (Å²) in [6.07, 6.45) is 2.38. The Kier molecular flexibility index (Phi) is 5.42. The summed E-state index contributed by atoms with van der Waals surface area (Å²) in [7, 11) is 0. The molecule has 3 aromatic rings. The van der Waals surface area contributed by atoms with E-state index in [-0.39, 0.29) is 17.0 Å². The Bertz CT molecular complexity index is 1240. The first-order valence-corrected chi connectivity index (χ1v) is 11.1. The average molecular weight is 442 g/mol. The van der Waals surface area contributed by atoms with Gasteiger partial charge < -0.3 is 10.2 Å². The van der Waals surface area contributed by atoms with Crippen LogP contribution in [0.4, 0.5) is 21.5 Å². The van der Waals surface area contributed by atoms with Crippen molar-refractivity contribution >= 4 is 34.4 Å². The van der Waals surface area contributed by atoms with Crippen LogP contribution in [-0.4, -0.2) is 24.9 Å². The summed E-state index contributed by atoms with van der Waals surface area (Å²) in [5.41, 5.74) is 3.77. The van der Waals surface area contributed by atoms with Crippen molar-refractivity contribution in [2.75, 3.05) is 28.2 Å². The molecule has 0 bridgehead atoms. The molecule has 2 amide bonds. The van der Waals surface area contributed by atoms with Gasteiger partial charge in [0.2, 0.25) is 0 Å². The van der Waals surface area contributed by atoms with Gasteiger partial charge in [-0.15, -0.1) is 0 Å². The Labute approximate surface area is 192 Å². The van der Waals surface area contributed by atoms with Crippen LogP contribution >= 0.6 is 0 Å². The number of para-hydroxylation sites is 1. The smallest absolute Gasteiger partial charge is 0.282 e. The van der Waals surface area contributed by atoms with E-state index in [1.807, 2.05) is 43.3 Å². The fourth-order valence-electron chi connectivity index (χ4n) is 4.36. The molecule has 0 spiro atoms. The van der Waals surface area contributed by atoms with E-state index in [9.17, 15) is 14.0 Å². The first kappa shape index (κ1) is 20.9. The maximum Gasteiger partial charge on any atom is 0.282 e. The van der Waals surface area contributed by atoms with Gasteiger partial charge in [0, 0.05) is 24.5 Å². The monoisotopic (exact) mass is 441 g/mol. The first-order chi connectivity index (χ1) is 16.0. The minimum Gasteiger partial charge on any atom is -0.372 e. The summed E-state index contributed by atoms with van der Waals surface area (Å²) in [5, 5.41) is 3.15. The van der Waals surface area contributed by atoms with Gasteiger partial charge in [0.15, 0.2) is 0 Å². The highest BCUT2D eigenvalue weighted by molar-refractivity contribution is 6.46. The molecule has 2 aliphatic rings. The predicted octanol–water partition coefficient (Wildman–Crippen LogP) is 5.13. The number of aryl methyl sites for hydroxylation is 1. The summed E-state index contributed by atoms with van der Waals surface area (Å²) in [4.78, 5) is 30.1. The van der Waals surface area contributed by atoms with Crippen LogP contribution in [0.2, 0.25) is 0 Å². The Balaban J connectivity index is 1.53.